The lowest BCUT2D eigenvalue weighted by Crippen LogP contribution is -2.54. The second-order valence-corrected chi connectivity index (χ2v) is 16.7. The van der Waals surface area contributed by atoms with Crippen LogP contribution in [0.3, 0.4) is 0 Å². The first-order valence-electron chi connectivity index (χ1n) is 21.4. The Kier molecular flexibility index (Phi) is 16.6. The highest BCUT2D eigenvalue weighted by atomic mass is 35.5. The smallest absolute Gasteiger partial charge is 0.267 e. The fraction of sp³-hybridized carbons (Fsp3) is 0.432. The topological polar surface area (TPSA) is 233 Å². The number of hydrogen-bond acceptors (Lipinski definition) is 17. The highest BCUT2D eigenvalue weighted by Crippen LogP contribution is 2.34. The summed E-state index contributed by atoms with van der Waals surface area (Å²) in [5.74, 6) is -0.612. The minimum Gasteiger partial charge on any atom is -0.490 e. The van der Waals surface area contributed by atoms with E-state index in [4.69, 9.17) is 35.3 Å². The molecule has 0 bridgehead atoms. The molecule has 20 nitrogen and oxygen atoms in total. The summed E-state index contributed by atoms with van der Waals surface area (Å²) >= 11 is 7.47. The lowest BCUT2D eigenvalue weighted by molar-refractivity contribution is -0.136. The van der Waals surface area contributed by atoms with Gasteiger partial charge in [0.15, 0.2) is 5.13 Å². The number of imide groups is 2. The van der Waals surface area contributed by atoms with Gasteiger partial charge in [-0.15, -0.1) is 0 Å². The van der Waals surface area contributed by atoms with E-state index in [1.165, 1.54) is 23.6 Å². The number of piperidine rings is 1. The van der Waals surface area contributed by atoms with Gasteiger partial charge in [-0.3, -0.25) is 39.0 Å². The van der Waals surface area contributed by atoms with E-state index in [9.17, 15) is 28.8 Å². The van der Waals surface area contributed by atoms with Crippen LogP contribution in [-0.2, 0) is 33.3 Å². The monoisotopic (exact) mass is 947 g/mol. The number of halogens is 1. The van der Waals surface area contributed by atoms with E-state index < -0.39 is 29.7 Å². The SMILES string of the molecule is Cc1nc(Nc2ncc(C(=O)Nc3c(C)cccc3Cl)s2)cc(N2CCN(C(=O)CCOCCOCCOCCOCCOc3cccc4c3C(=O)N(C3CCC(=O)NC3=O)C4=O)CC2)n1. The zero-order chi connectivity index (χ0) is 46.6. The average Bonchev–Trinajstić information content (AvgIpc) is 3.87. The Hall–Kier alpha value is -6.10. The van der Waals surface area contributed by atoms with Crippen LogP contribution in [0.4, 0.5) is 22.5 Å². The van der Waals surface area contributed by atoms with Crippen molar-refractivity contribution in [2.24, 2.45) is 0 Å². The molecule has 2 fully saturated rings. The van der Waals surface area contributed by atoms with E-state index in [1.54, 1.807) is 25.1 Å². The molecule has 3 aliphatic heterocycles. The number of carbonyl (C=O) groups excluding carboxylic acids is 6. The van der Waals surface area contributed by atoms with E-state index >= 15 is 0 Å². The second-order valence-electron chi connectivity index (χ2n) is 15.2. The van der Waals surface area contributed by atoms with Crippen LogP contribution in [0, 0.1) is 13.8 Å². The summed E-state index contributed by atoms with van der Waals surface area (Å²) < 4.78 is 28.0. The summed E-state index contributed by atoms with van der Waals surface area (Å²) in [5, 5.41) is 9.19. The molecular formula is C44H50ClN9O11S. The molecule has 1 atom stereocenters. The van der Waals surface area contributed by atoms with Crippen molar-refractivity contribution < 1.29 is 52.5 Å². The van der Waals surface area contributed by atoms with Crippen LogP contribution in [0.2, 0.25) is 5.02 Å². The Morgan fingerprint density at radius 1 is 0.848 bits per heavy atom. The molecular weight excluding hydrogens is 898 g/mol. The molecule has 0 spiro atoms. The number of rotatable bonds is 22. The maximum absolute atomic E-state index is 13.2. The molecule has 0 radical (unpaired) electrons. The van der Waals surface area contributed by atoms with Crippen LogP contribution < -0.4 is 25.6 Å². The third-order valence-electron chi connectivity index (χ3n) is 10.7. The number of aryl methyl sites for hydroxylation is 2. The third-order valence-corrected chi connectivity index (χ3v) is 11.9. The van der Waals surface area contributed by atoms with E-state index in [-0.39, 0.29) is 67.8 Å². The Bertz CT molecular complexity index is 2410. The molecule has 5 heterocycles. The first-order valence-corrected chi connectivity index (χ1v) is 22.6. The minimum absolute atomic E-state index is 0.0146. The minimum atomic E-state index is -1.06. The number of piperazine rings is 1. The molecule has 350 valence electrons. The molecule has 2 aromatic carbocycles. The Balaban J connectivity index is 0.703. The molecule has 6 amide bonds. The summed E-state index contributed by atoms with van der Waals surface area (Å²) in [7, 11) is 0. The fourth-order valence-corrected chi connectivity index (χ4v) is 8.36. The maximum Gasteiger partial charge on any atom is 0.267 e. The fourth-order valence-electron chi connectivity index (χ4n) is 7.37. The molecule has 2 aromatic heterocycles. The third kappa shape index (κ3) is 12.2. The lowest BCUT2D eigenvalue weighted by atomic mass is 10.0. The van der Waals surface area contributed by atoms with E-state index in [0.717, 1.165) is 16.3 Å². The van der Waals surface area contributed by atoms with Crippen molar-refractivity contribution in [1.29, 1.82) is 0 Å². The molecule has 4 aromatic rings. The van der Waals surface area contributed by atoms with Crippen LogP contribution >= 0.6 is 22.9 Å². The number of fused-ring (bicyclic) bond motifs is 1. The maximum atomic E-state index is 13.2. The second kappa shape index (κ2) is 22.9. The van der Waals surface area contributed by atoms with Gasteiger partial charge in [0.2, 0.25) is 17.7 Å². The standard InChI is InChI=1S/C44H50ClN9O11S/c1-27-5-3-7-30(45)39(27)51-41(58)33-26-46-44(66-33)49-34-25-35(48-28(2)47-34)52-12-14-53(15-13-52)37(56)11-16-61-17-18-62-19-20-63-21-22-64-23-24-65-32-8-4-6-29-38(32)43(60)54(42(29)59)31-9-10-36(55)50-40(31)57/h3-8,25-26,31H,9-24H2,1-2H3,(H,51,58)(H,50,55,57)(H,46,47,48,49). The van der Waals surface area contributed by atoms with Crippen LogP contribution in [0.15, 0.2) is 48.7 Å². The summed E-state index contributed by atoms with van der Waals surface area (Å²) in [6.45, 7) is 8.57. The largest absolute Gasteiger partial charge is 0.490 e. The number of nitrogens with zero attached hydrogens (tertiary/aromatic N) is 6. The van der Waals surface area contributed by atoms with Crippen LogP contribution in [0.1, 0.15) is 61.0 Å². The lowest BCUT2D eigenvalue weighted by Gasteiger charge is -2.35. The Labute approximate surface area is 389 Å². The molecule has 0 aliphatic carbocycles. The number of nitrogens with one attached hydrogen (secondary N) is 3. The van der Waals surface area contributed by atoms with Crippen molar-refractivity contribution in [1.82, 2.24) is 30.1 Å². The van der Waals surface area contributed by atoms with E-state index in [2.05, 4.69) is 35.8 Å². The number of carbonyl (C=O) groups is 6. The van der Waals surface area contributed by atoms with Crippen molar-refractivity contribution in [3.05, 3.63) is 81.1 Å². The number of amides is 6. The average molecular weight is 948 g/mol. The molecule has 0 saturated carbocycles. The highest BCUT2D eigenvalue weighted by molar-refractivity contribution is 7.17. The molecule has 3 aliphatic rings. The summed E-state index contributed by atoms with van der Waals surface area (Å²) in [6, 6.07) is 10.9. The molecule has 3 N–H and O–H groups in total. The van der Waals surface area contributed by atoms with Crippen molar-refractivity contribution in [2.45, 2.75) is 39.2 Å². The highest BCUT2D eigenvalue weighted by Gasteiger charge is 2.46. The molecule has 7 rings (SSSR count). The zero-order valence-electron chi connectivity index (χ0n) is 36.5. The van der Waals surface area contributed by atoms with Crippen LogP contribution in [-0.4, -0.2) is 152 Å². The number of thiazole rings is 1. The predicted molar refractivity (Wildman–Crippen MR) is 242 cm³/mol. The Morgan fingerprint density at radius 2 is 1.53 bits per heavy atom. The van der Waals surface area contributed by atoms with Crippen LogP contribution in [0.5, 0.6) is 5.75 Å². The first kappa shape index (κ1) is 47.9. The predicted octanol–water partition coefficient (Wildman–Crippen LogP) is 3.78. The normalized spacial score (nSPS) is 16.1. The van der Waals surface area contributed by atoms with Gasteiger partial charge in [0.25, 0.3) is 17.7 Å². The molecule has 66 heavy (non-hydrogen) atoms. The van der Waals surface area contributed by atoms with Gasteiger partial charge in [-0.2, -0.15) is 0 Å². The van der Waals surface area contributed by atoms with E-state index in [0.29, 0.717) is 98.2 Å². The number of anilines is 4. The summed E-state index contributed by atoms with van der Waals surface area (Å²) in [4.78, 5) is 94.6. The quantitative estimate of drug-likeness (QED) is 0.0752. The van der Waals surface area contributed by atoms with Gasteiger partial charge in [-0.05, 0) is 44.0 Å². The van der Waals surface area contributed by atoms with Gasteiger partial charge in [0.05, 0.1) is 87.3 Å². The summed E-state index contributed by atoms with van der Waals surface area (Å²) in [6.07, 6.45) is 1.87. The van der Waals surface area contributed by atoms with Gasteiger partial charge in [-0.1, -0.05) is 41.1 Å². The van der Waals surface area contributed by atoms with Crippen molar-refractivity contribution >= 4 is 80.8 Å². The number of ether oxygens (including phenoxy) is 5. The molecule has 2 saturated heterocycles. The molecule has 22 heteroatoms. The van der Waals surface area contributed by atoms with Gasteiger partial charge in [0, 0.05) is 38.7 Å². The van der Waals surface area contributed by atoms with Gasteiger partial charge in [-0.25, -0.2) is 15.0 Å². The van der Waals surface area contributed by atoms with Gasteiger partial charge < -0.3 is 44.1 Å². The molecule has 1 unspecified atom stereocenters. The number of hydrogen-bond donors (Lipinski definition) is 3. The Morgan fingerprint density at radius 3 is 2.23 bits per heavy atom. The van der Waals surface area contributed by atoms with Crippen molar-refractivity contribution in [3.63, 3.8) is 0 Å². The zero-order valence-corrected chi connectivity index (χ0v) is 38.0. The summed E-state index contributed by atoms with van der Waals surface area (Å²) in [5.41, 5.74) is 1.64. The number of benzene rings is 2. The van der Waals surface area contributed by atoms with Crippen molar-refractivity contribution in [3.8, 4) is 5.75 Å². The first-order chi connectivity index (χ1) is 32.0. The number of para-hydroxylation sites is 1. The van der Waals surface area contributed by atoms with Gasteiger partial charge >= 0.3 is 0 Å². The van der Waals surface area contributed by atoms with E-state index in [1.807, 2.05) is 30.0 Å². The van der Waals surface area contributed by atoms with Gasteiger partial charge in [0.1, 0.15) is 40.7 Å². The van der Waals surface area contributed by atoms with Crippen LogP contribution in [0.25, 0.3) is 0 Å². The van der Waals surface area contributed by atoms with Crippen molar-refractivity contribution in [2.75, 3.05) is 101 Å². The number of aromatic nitrogens is 3.